The van der Waals surface area contributed by atoms with E-state index in [-0.39, 0.29) is 6.54 Å². The standard InChI is InChI=1S/C7H15NO4/c1-12-7-5(10)3-8-2-4(9)6(7)11/h4-11H,2-3H2,1H3/t4-,5+,6-,7-/m1/s1. The molecule has 5 heteroatoms. The number of nitrogens with one attached hydrogen (secondary N) is 1. The summed E-state index contributed by atoms with van der Waals surface area (Å²) < 4.78 is 4.87. The van der Waals surface area contributed by atoms with Gasteiger partial charge in [-0.05, 0) is 0 Å². The van der Waals surface area contributed by atoms with Crippen molar-refractivity contribution in [1.29, 1.82) is 0 Å². The fraction of sp³-hybridized carbons (Fsp3) is 1.00. The molecule has 1 rings (SSSR count). The van der Waals surface area contributed by atoms with Crippen molar-refractivity contribution in [1.82, 2.24) is 5.32 Å². The molecule has 0 bridgehead atoms. The molecule has 0 aromatic rings. The molecule has 4 atom stereocenters. The maximum atomic E-state index is 9.41. The van der Waals surface area contributed by atoms with Gasteiger partial charge in [0.25, 0.3) is 0 Å². The normalized spacial score (nSPS) is 44.0. The molecule has 72 valence electrons. The number of aliphatic hydroxyl groups is 3. The van der Waals surface area contributed by atoms with Crippen molar-refractivity contribution in [3.63, 3.8) is 0 Å². The van der Waals surface area contributed by atoms with Crippen molar-refractivity contribution in [2.24, 2.45) is 0 Å². The van der Waals surface area contributed by atoms with Crippen LogP contribution in [0.5, 0.6) is 0 Å². The Balaban J connectivity index is 2.63. The van der Waals surface area contributed by atoms with E-state index in [1.54, 1.807) is 0 Å². The molecule has 1 aliphatic rings. The molecule has 12 heavy (non-hydrogen) atoms. The molecule has 4 N–H and O–H groups in total. The highest BCUT2D eigenvalue weighted by Crippen LogP contribution is 2.10. The summed E-state index contributed by atoms with van der Waals surface area (Å²) in [5.74, 6) is 0. The minimum absolute atomic E-state index is 0.276. The minimum Gasteiger partial charge on any atom is -0.389 e. The molecular weight excluding hydrogens is 162 g/mol. The highest BCUT2D eigenvalue weighted by molar-refractivity contribution is 4.87. The van der Waals surface area contributed by atoms with Gasteiger partial charge in [-0.15, -0.1) is 0 Å². The van der Waals surface area contributed by atoms with Crippen LogP contribution in [0.3, 0.4) is 0 Å². The van der Waals surface area contributed by atoms with E-state index in [0.717, 1.165) is 0 Å². The fourth-order valence-corrected chi connectivity index (χ4v) is 1.36. The number of ether oxygens (including phenoxy) is 1. The number of aliphatic hydroxyl groups excluding tert-OH is 3. The molecule has 1 heterocycles. The third-order valence-electron chi connectivity index (χ3n) is 2.09. The molecule has 1 aliphatic heterocycles. The number of hydrogen-bond acceptors (Lipinski definition) is 5. The Morgan fingerprint density at radius 2 is 1.75 bits per heavy atom. The van der Waals surface area contributed by atoms with Crippen LogP contribution in [-0.4, -0.2) is 59.9 Å². The maximum Gasteiger partial charge on any atom is 0.113 e. The van der Waals surface area contributed by atoms with E-state index in [2.05, 4.69) is 5.32 Å². The van der Waals surface area contributed by atoms with Gasteiger partial charge in [0, 0.05) is 20.2 Å². The second kappa shape index (κ2) is 4.15. The summed E-state index contributed by atoms with van der Waals surface area (Å²) in [4.78, 5) is 0. The minimum atomic E-state index is -1.03. The average Bonchev–Trinajstić information content (AvgIpc) is 2.14. The van der Waals surface area contributed by atoms with Gasteiger partial charge in [0.05, 0.1) is 12.2 Å². The largest absolute Gasteiger partial charge is 0.389 e. The Morgan fingerprint density at radius 1 is 1.17 bits per heavy atom. The third-order valence-corrected chi connectivity index (χ3v) is 2.09. The second-order valence-electron chi connectivity index (χ2n) is 2.98. The molecule has 0 radical (unpaired) electrons. The zero-order valence-electron chi connectivity index (χ0n) is 6.97. The van der Waals surface area contributed by atoms with Crippen LogP contribution in [0.15, 0.2) is 0 Å². The third kappa shape index (κ3) is 1.94. The summed E-state index contributed by atoms with van der Waals surface area (Å²) in [5.41, 5.74) is 0. The highest BCUT2D eigenvalue weighted by atomic mass is 16.5. The first-order valence-electron chi connectivity index (χ1n) is 3.94. The predicted molar refractivity (Wildman–Crippen MR) is 41.7 cm³/mol. The van der Waals surface area contributed by atoms with Gasteiger partial charge in [0.2, 0.25) is 0 Å². The van der Waals surface area contributed by atoms with Gasteiger partial charge in [-0.3, -0.25) is 0 Å². The van der Waals surface area contributed by atoms with Gasteiger partial charge in [-0.2, -0.15) is 0 Å². The molecule has 0 aliphatic carbocycles. The van der Waals surface area contributed by atoms with Gasteiger partial charge in [-0.25, -0.2) is 0 Å². The van der Waals surface area contributed by atoms with Crippen LogP contribution in [0.1, 0.15) is 0 Å². The second-order valence-corrected chi connectivity index (χ2v) is 2.98. The first kappa shape index (κ1) is 9.88. The summed E-state index contributed by atoms with van der Waals surface area (Å²) in [6.45, 7) is 0.602. The Morgan fingerprint density at radius 3 is 2.33 bits per heavy atom. The summed E-state index contributed by atoms with van der Waals surface area (Å²) in [7, 11) is 1.40. The zero-order valence-corrected chi connectivity index (χ0v) is 6.97. The van der Waals surface area contributed by atoms with E-state index >= 15 is 0 Å². The van der Waals surface area contributed by atoms with Crippen LogP contribution in [0.4, 0.5) is 0 Å². The average molecular weight is 177 g/mol. The van der Waals surface area contributed by atoms with Crippen LogP contribution >= 0.6 is 0 Å². The van der Waals surface area contributed by atoms with E-state index in [1.165, 1.54) is 7.11 Å². The number of β-amino-alcohol motifs (C(OH)–C–C–N with tert-alkyl or cyclic N) is 2. The predicted octanol–water partition coefficient (Wildman–Crippen LogP) is -2.31. The molecule has 0 amide bonds. The summed E-state index contributed by atoms with van der Waals surface area (Å²) >= 11 is 0. The number of rotatable bonds is 1. The molecule has 0 saturated carbocycles. The molecule has 0 aromatic heterocycles. The summed E-state index contributed by atoms with van der Waals surface area (Å²) in [5, 5.41) is 30.9. The van der Waals surface area contributed by atoms with E-state index < -0.39 is 24.4 Å². The molecule has 0 spiro atoms. The Kier molecular flexibility index (Phi) is 3.42. The van der Waals surface area contributed by atoms with Crippen LogP contribution in [-0.2, 0) is 4.74 Å². The van der Waals surface area contributed by atoms with E-state index in [0.29, 0.717) is 6.54 Å². The van der Waals surface area contributed by atoms with Crippen LogP contribution < -0.4 is 5.32 Å². The quantitative estimate of drug-likeness (QED) is 0.362. The van der Waals surface area contributed by atoms with Crippen molar-refractivity contribution in [2.75, 3.05) is 20.2 Å². The Bertz CT molecular complexity index is 143. The fourth-order valence-electron chi connectivity index (χ4n) is 1.36. The van der Waals surface area contributed by atoms with Crippen molar-refractivity contribution < 1.29 is 20.1 Å². The Labute approximate surface area is 71.0 Å². The molecule has 0 aromatic carbocycles. The molecule has 0 unspecified atom stereocenters. The molecule has 1 fully saturated rings. The molecule has 5 nitrogen and oxygen atoms in total. The van der Waals surface area contributed by atoms with Gasteiger partial charge in [0.15, 0.2) is 0 Å². The number of hydrogen-bond donors (Lipinski definition) is 4. The smallest absolute Gasteiger partial charge is 0.113 e. The van der Waals surface area contributed by atoms with Gasteiger partial charge in [-0.1, -0.05) is 0 Å². The zero-order chi connectivity index (χ0) is 9.14. The first-order valence-corrected chi connectivity index (χ1v) is 3.94. The van der Waals surface area contributed by atoms with Crippen LogP contribution in [0.2, 0.25) is 0 Å². The van der Waals surface area contributed by atoms with E-state index in [1.807, 2.05) is 0 Å². The van der Waals surface area contributed by atoms with Crippen molar-refractivity contribution >= 4 is 0 Å². The van der Waals surface area contributed by atoms with E-state index in [9.17, 15) is 15.3 Å². The summed E-state index contributed by atoms with van der Waals surface area (Å²) in [6, 6.07) is 0. The van der Waals surface area contributed by atoms with Crippen molar-refractivity contribution in [3.8, 4) is 0 Å². The van der Waals surface area contributed by atoms with Crippen molar-refractivity contribution in [2.45, 2.75) is 24.4 Å². The lowest BCUT2D eigenvalue weighted by molar-refractivity contribution is -0.107. The number of methoxy groups -OCH3 is 1. The monoisotopic (exact) mass is 177 g/mol. The topological polar surface area (TPSA) is 82.0 Å². The Hall–Kier alpha value is -0.200. The molecule has 1 saturated heterocycles. The first-order chi connectivity index (χ1) is 5.66. The van der Waals surface area contributed by atoms with Crippen molar-refractivity contribution in [3.05, 3.63) is 0 Å². The molecular formula is C7H15NO4. The van der Waals surface area contributed by atoms with Crippen LogP contribution in [0, 0.1) is 0 Å². The highest BCUT2D eigenvalue weighted by Gasteiger charge is 2.34. The maximum absolute atomic E-state index is 9.41. The lowest BCUT2D eigenvalue weighted by Gasteiger charge is -2.24. The van der Waals surface area contributed by atoms with Gasteiger partial charge in [0.1, 0.15) is 12.2 Å². The lowest BCUT2D eigenvalue weighted by atomic mass is 10.1. The van der Waals surface area contributed by atoms with Gasteiger partial charge >= 0.3 is 0 Å². The lowest BCUT2D eigenvalue weighted by Crippen LogP contribution is -2.45. The van der Waals surface area contributed by atoms with Crippen LogP contribution in [0.25, 0.3) is 0 Å². The van der Waals surface area contributed by atoms with Gasteiger partial charge < -0.3 is 25.4 Å². The summed E-state index contributed by atoms with van der Waals surface area (Å²) in [6.07, 6.45) is -3.40. The SMILES string of the molecule is CO[C@H]1[C@H](O)[C@H](O)CNC[C@@H]1O. The van der Waals surface area contributed by atoms with E-state index in [4.69, 9.17) is 4.74 Å².